The molecule has 4 nitrogen and oxygen atoms in total. The van der Waals surface area contributed by atoms with E-state index in [9.17, 15) is 14.6 Å². The first kappa shape index (κ1) is 14.1. The van der Waals surface area contributed by atoms with Gasteiger partial charge in [-0.15, -0.1) is 0 Å². The van der Waals surface area contributed by atoms with Crippen LogP contribution in [0.3, 0.4) is 0 Å². The number of hydrogen-bond acceptors (Lipinski definition) is 4. The van der Waals surface area contributed by atoms with E-state index in [1.54, 1.807) is 19.1 Å². The van der Waals surface area contributed by atoms with Gasteiger partial charge in [-0.1, -0.05) is 6.07 Å². The molecule has 1 heterocycles. The van der Waals surface area contributed by atoms with E-state index in [4.69, 9.17) is 0 Å². The Kier molecular flexibility index (Phi) is 4.10. The molecular formula is C15H15FN2O2. The molecule has 0 unspecified atom stereocenters. The number of aromatic nitrogens is 1. The van der Waals surface area contributed by atoms with E-state index in [1.165, 1.54) is 18.5 Å². The van der Waals surface area contributed by atoms with Crippen LogP contribution in [0.2, 0.25) is 0 Å². The van der Waals surface area contributed by atoms with Crippen LogP contribution in [0, 0.1) is 19.7 Å². The van der Waals surface area contributed by atoms with Crippen molar-refractivity contribution in [2.75, 3.05) is 0 Å². The van der Waals surface area contributed by atoms with Crippen molar-refractivity contribution in [3.63, 3.8) is 0 Å². The summed E-state index contributed by atoms with van der Waals surface area (Å²) in [5.74, 6) is -0.504. The SMILES string of the molecule is Cc1ccc(F)c(N=Cc2c(CO)cnc(C)c2O)c1. The van der Waals surface area contributed by atoms with Crippen LogP contribution in [0.4, 0.5) is 10.1 Å². The third kappa shape index (κ3) is 2.83. The quantitative estimate of drug-likeness (QED) is 0.846. The average Bonchev–Trinajstić information content (AvgIpc) is 2.44. The van der Waals surface area contributed by atoms with Crippen molar-refractivity contribution in [1.82, 2.24) is 4.98 Å². The third-order valence-corrected chi connectivity index (χ3v) is 2.96. The minimum absolute atomic E-state index is 0.0617. The largest absolute Gasteiger partial charge is 0.505 e. The summed E-state index contributed by atoms with van der Waals surface area (Å²) in [5.41, 5.74) is 2.28. The standard InChI is InChI=1S/C15H15FN2O2/c1-9-3-4-13(16)14(5-9)18-7-12-11(8-19)6-17-10(2)15(12)20/h3-7,19-20H,8H2,1-2H3. The summed E-state index contributed by atoms with van der Waals surface area (Å²) in [5, 5.41) is 19.2. The molecule has 20 heavy (non-hydrogen) atoms. The van der Waals surface area contributed by atoms with Gasteiger partial charge in [0.15, 0.2) is 0 Å². The molecule has 2 N–H and O–H groups in total. The number of hydrogen-bond donors (Lipinski definition) is 2. The topological polar surface area (TPSA) is 65.7 Å². The number of aliphatic hydroxyl groups excluding tert-OH is 1. The molecule has 0 radical (unpaired) electrons. The number of aliphatic hydroxyl groups is 1. The first-order valence-corrected chi connectivity index (χ1v) is 6.11. The van der Waals surface area contributed by atoms with E-state index >= 15 is 0 Å². The molecule has 0 aliphatic rings. The highest BCUT2D eigenvalue weighted by Crippen LogP contribution is 2.24. The van der Waals surface area contributed by atoms with Gasteiger partial charge in [0.1, 0.15) is 11.6 Å². The molecule has 5 heteroatoms. The van der Waals surface area contributed by atoms with Crippen LogP contribution in [0.25, 0.3) is 0 Å². The van der Waals surface area contributed by atoms with Gasteiger partial charge in [0.25, 0.3) is 0 Å². The van der Waals surface area contributed by atoms with Crippen LogP contribution in [0.15, 0.2) is 29.4 Å². The minimum Gasteiger partial charge on any atom is -0.505 e. The molecule has 0 saturated carbocycles. The molecule has 0 atom stereocenters. The molecule has 2 rings (SSSR count). The second-order valence-corrected chi connectivity index (χ2v) is 4.50. The number of benzene rings is 1. The van der Waals surface area contributed by atoms with E-state index in [0.29, 0.717) is 16.8 Å². The van der Waals surface area contributed by atoms with E-state index in [-0.39, 0.29) is 18.0 Å². The molecule has 2 aromatic rings. The van der Waals surface area contributed by atoms with Gasteiger partial charge in [-0.25, -0.2) is 4.39 Å². The fourth-order valence-corrected chi connectivity index (χ4v) is 1.78. The lowest BCUT2D eigenvalue weighted by molar-refractivity contribution is 0.280. The summed E-state index contributed by atoms with van der Waals surface area (Å²) < 4.78 is 13.6. The zero-order chi connectivity index (χ0) is 14.7. The lowest BCUT2D eigenvalue weighted by atomic mass is 10.1. The van der Waals surface area contributed by atoms with E-state index < -0.39 is 5.82 Å². The number of pyridine rings is 1. The Morgan fingerprint density at radius 2 is 2.10 bits per heavy atom. The van der Waals surface area contributed by atoms with Gasteiger partial charge in [-0.05, 0) is 31.5 Å². The fourth-order valence-electron chi connectivity index (χ4n) is 1.78. The number of halogens is 1. The van der Waals surface area contributed by atoms with Crippen molar-refractivity contribution in [2.24, 2.45) is 4.99 Å². The first-order chi connectivity index (χ1) is 9.52. The maximum atomic E-state index is 13.6. The van der Waals surface area contributed by atoms with E-state index in [0.717, 1.165) is 5.56 Å². The van der Waals surface area contributed by atoms with Crippen LogP contribution in [0.5, 0.6) is 5.75 Å². The Morgan fingerprint density at radius 3 is 2.80 bits per heavy atom. The van der Waals surface area contributed by atoms with Crippen molar-refractivity contribution in [3.05, 3.63) is 52.6 Å². The van der Waals surface area contributed by atoms with E-state index in [1.807, 2.05) is 6.92 Å². The summed E-state index contributed by atoms with van der Waals surface area (Å²) >= 11 is 0. The van der Waals surface area contributed by atoms with Crippen molar-refractivity contribution in [3.8, 4) is 5.75 Å². The van der Waals surface area contributed by atoms with Gasteiger partial charge in [-0.3, -0.25) is 9.98 Å². The maximum absolute atomic E-state index is 13.6. The van der Waals surface area contributed by atoms with Crippen LogP contribution < -0.4 is 0 Å². The van der Waals surface area contributed by atoms with Crippen LogP contribution in [-0.2, 0) is 6.61 Å². The summed E-state index contributed by atoms with van der Waals surface area (Å²) in [6.45, 7) is 3.20. The highest BCUT2D eigenvalue weighted by Gasteiger charge is 2.09. The molecule has 0 spiro atoms. The Hall–Kier alpha value is -2.27. The molecule has 0 amide bonds. The zero-order valence-electron chi connectivity index (χ0n) is 11.3. The van der Waals surface area contributed by atoms with Crippen molar-refractivity contribution < 1.29 is 14.6 Å². The molecule has 0 aliphatic carbocycles. The number of aryl methyl sites for hydroxylation is 2. The fraction of sp³-hybridized carbons (Fsp3) is 0.200. The molecule has 104 valence electrons. The molecule has 0 fully saturated rings. The molecule has 1 aromatic carbocycles. The van der Waals surface area contributed by atoms with Crippen molar-refractivity contribution >= 4 is 11.9 Å². The van der Waals surface area contributed by atoms with Crippen LogP contribution >= 0.6 is 0 Å². The summed E-state index contributed by atoms with van der Waals surface area (Å²) in [4.78, 5) is 8.00. The number of rotatable bonds is 3. The smallest absolute Gasteiger partial charge is 0.148 e. The Labute approximate surface area is 116 Å². The molecule has 1 aromatic heterocycles. The predicted molar refractivity (Wildman–Crippen MR) is 75.0 cm³/mol. The number of aromatic hydroxyl groups is 1. The van der Waals surface area contributed by atoms with Crippen molar-refractivity contribution in [1.29, 1.82) is 0 Å². The van der Waals surface area contributed by atoms with Gasteiger partial charge in [0.05, 0.1) is 18.0 Å². The van der Waals surface area contributed by atoms with Crippen LogP contribution in [0.1, 0.15) is 22.4 Å². The van der Waals surface area contributed by atoms with Gasteiger partial charge in [-0.2, -0.15) is 0 Å². The summed E-state index contributed by atoms with van der Waals surface area (Å²) in [7, 11) is 0. The van der Waals surface area contributed by atoms with Crippen LogP contribution in [-0.4, -0.2) is 21.4 Å². The monoisotopic (exact) mass is 274 g/mol. The lowest BCUT2D eigenvalue weighted by Crippen LogP contribution is -1.97. The van der Waals surface area contributed by atoms with Gasteiger partial charge in [0, 0.05) is 23.5 Å². The second-order valence-electron chi connectivity index (χ2n) is 4.50. The highest BCUT2D eigenvalue weighted by atomic mass is 19.1. The Morgan fingerprint density at radius 1 is 1.35 bits per heavy atom. The lowest BCUT2D eigenvalue weighted by Gasteiger charge is -2.07. The van der Waals surface area contributed by atoms with E-state index in [2.05, 4.69) is 9.98 Å². The normalized spacial score (nSPS) is 11.2. The molecule has 0 saturated heterocycles. The van der Waals surface area contributed by atoms with Gasteiger partial charge >= 0.3 is 0 Å². The first-order valence-electron chi connectivity index (χ1n) is 6.11. The Balaban J connectivity index is 2.46. The molecule has 0 aliphatic heterocycles. The number of nitrogens with zero attached hydrogens (tertiary/aromatic N) is 2. The highest BCUT2D eigenvalue weighted by molar-refractivity contribution is 5.87. The summed E-state index contributed by atoms with van der Waals surface area (Å²) in [6, 6.07) is 4.60. The minimum atomic E-state index is -0.442. The average molecular weight is 274 g/mol. The predicted octanol–water partition coefficient (Wildman–Crippen LogP) is 2.79. The second kappa shape index (κ2) is 5.79. The molecular weight excluding hydrogens is 259 g/mol. The Bertz CT molecular complexity index is 669. The zero-order valence-corrected chi connectivity index (χ0v) is 11.3. The van der Waals surface area contributed by atoms with Gasteiger partial charge in [0.2, 0.25) is 0 Å². The summed E-state index contributed by atoms with van der Waals surface area (Å²) in [6.07, 6.45) is 2.80. The maximum Gasteiger partial charge on any atom is 0.148 e. The third-order valence-electron chi connectivity index (χ3n) is 2.96. The van der Waals surface area contributed by atoms with Crippen molar-refractivity contribution in [2.45, 2.75) is 20.5 Å². The van der Waals surface area contributed by atoms with Gasteiger partial charge < -0.3 is 10.2 Å². The molecule has 0 bridgehead atoms. The number of aliphatic imine (C=N–C) groups is 1.